The minimum absolute atomic E-state index is 0.551. The highest BCUT2D eigenvalue weighted by Crippen LogP contribution is 2.39. The van der Waals surface area contributed by atoms with E-state index in [1.165, 1.54) is 32.1 Å². The molecule has 0 bridgehead atoms. The molecule has 2 nitrogen and oxygen atoms in total. The molecule has 1 aliphatic rings. The van der Waals surface area contributed by atoms with Gasteiger partial charge in [-0.3, -0.25) is 4.79 Å². The van der Waals surface area contributed by atoms with Crippen LogP contribution in [0.1, 0.15) is 52.9 Å². The van der Waals surface area contributed by atoms with Gasteiger partial charge in [-0.2, -0.15) is 0 Å². The van der Waals surface area contributed by atoms with Crippen molar-refractivity contribution in [2.75, 3.05) is 0 Å². The highest BCUT2D eigenvalue weighted by atomic mass is 32.2. The van der Waals surface area contributed by atoms with Crippen molar-refractivity contribution in [3.63, 3.8) is 0 Å². The van der Waals surface area contributed by atoms with Crippen molar-refractivity contribution in [2.45, 2.75) is 62.9 Å². The van der Waals surface area contributed by atoms with Gasteiger partial charge in [0.1, 0.15) is 4.75 Å². The van der Waals surface area contributed by atoms with E-state index >= 15 is 0 Å². The Bertz CT molecular complexity index is 226. The van der Waals surface area contributed by atoms with Crippen LogP contribution < -0.4 is 0 Å². The van der Waals surface area contributed by atoms with Gasteiger partial charge in [-0.05, 0) is 32.6 Å². The minimum atomic E-state index is -0.689. The minimum Gasteiger partial charge on any atom is -0.480 e. The van der Waals surface area contributed by atoms with Gasteiger partial charge in [0.05, 0.1) is 0 Å². The van der Waals surface area contributed by atoms with Crippen LogP contribution in [0.2, 0.25) is 0 Å². The summed E-state index contributed by atoms with van der Waals surface area (Å²) in [7, 11) is 0. The first kappa shape index (κ1) is 12.9. The Hall–Kier alpha value is -0.180. The molecule has 1 saturated carbocycles. The molecule has 0 aromatic carbocycles. The zero-order valence-electron chi connectivity index (χ0n) is 9.95. The van der Waals surface area contributed by atoms with Gasteiger partial charge in [-0.25, -0.2) is 0 Å². The van der Waals surface area contributed by atoms with Crippen molar-refractivity contribution in [2.24, 2.45) is 5.92 Å². The molecule has 1 aliphatic carbocycles. The molecular weight excluding hydrogens is 208 g/mol. The first-order valence-electron chi connectivity index (χ1n) is 5.87. The fraction of sp³-hybridized carbons (Fsp3) is 0.917. The monoisotopic (exact) mass is 230 g/mol. The summed E-state index contributed by atoms with van der Waals surface area (Å²) in [6.07, 6.45) is 6.24. The molecule has 2 atom stereocenters. The third kappa shape index (κ3) is 3.71. The van der Waals surface area contributed by atoms with E-state index in [0.29, 0.717) is 5.25 Å². The molecular formula is C12H22O2S. The molecule has 0 aromatic rings. The van der Waals surface area contributed by atoms with E-state index in [4.69, 9.17) is 5.11 Å². The van der Waals surface area contributed by atoms with Crippen molar-refractivity contribution >= 4 is 17.7 Å². The van der Waals surface area contributed by atoms with Crippen molar-refractivity contribution in [3.05, 3.63) is 0 Å². The molecule has 1 fully saturated rings. The highest BCUT2D eigenvalue weighted by Gasteiger charge is 2.33. The third-order valence-corrected chi connectivity index (χ3v) is 4.81. The molecule has 0 amide bonds. The van der Waals surface area contributed by atoms with Gasteiger partial charge in [0.2, 0.25) is 0 Å². The Morgan fingerprint density at radius 2 is 2.13 bits per heavy atom. The van der Waals surface area contributed by atoms with Crippen LogP contribution in [0.4, 0.5) is 0 Å². The molecule has 15 heavy (non-hydrogen) atoms. The summed E-state index contributed by atoms with van der Waals surface area (Å²) in [5.41, 5.74) is 0. The highest BCUT2D eigenvalue weighted by molar-refractivity contribution is 8.01. The van der Waals surface area contributed by atoms with Gasteiger partial charge in [0.25, 0.3) is 0 Å². The van der Waals surface area contributed by atoms with Crippen molar-refractivity contribution in [3.8, 4) is 0 Å². The number of aliphatic carboxylic acids is 1. The molecule has 0 saturated heterocycles. The molecule has 0 aromatic heterocycles. The maximum Gasteiger partial charge on any atom is 0.319 e. The molecule has 1 rings (SSSR count). The second kappa shape index (κ2) is 5.24. The third-order valence-electron chi connectivity index (χ3n) is 3.29. The Morgan fingerprint density at radius 3 is 2.67 bits per heavy atom. The summed E-state index contributed by atoms with van der Waals surface area (Å²) >= 11 is 1.65. The summed E-state index contributed by atoms with van der Waals surface area (Å²) in [4.78, 5) is 11.0. The maximum atomic E-state index is 11.0. The number of rotatable bonds is 4. The standard InChI is InChI=1S/C12H22O2S/c1-4-9-6-5-7-10(8-9)15-12(2,3)11(13)14/h9-10H,4-8H2,1-3H3,(H,13,14). The van der Waals surface area contributed by atoms with Crippen LogP contribution in [0.15, 0.2) is 0 Å². The van der Waals surface area contributed by atoms with Gasteiger partial charge < -0.3 is 5.11 Å². The van der Waals surface area contributed by atoms with Crippen LogP contribution in [-0.4, -0.2) is 21.1 Å². The van der Waals surface area contributed by atoms with E-state index in [1.54, 1.807) is 11.8 Å². The topological polar surface area (TPSA) is 37.3 Å². The smallest absolute Gasteiger partial charge is 0.319 e. The Balaban J connectivity index is 2.47. The lowest BCUT2D eigenvalue weighted by Gasteiger charge is -2.32. The second-order valence-electron chi connectivity index (χ2n) is 5.00. The van der Waals surface area contributed by atoms with E-state index in [0.717, 1.165) is 5.92 Å². The molecule has 0 radical (unpaired) electrons. The van der Waals surface area contributed by atoms with Crippen LogP contribution in [0.25, 0.3) is 0 Å². The number of thioether (sulfide) groups is 1. The van der Waals surface area contributed by atoms with Crippen molar-refractivity contribution < 1.29 is 9.90 Å². The van der Waals surface area contributed by atoms with Crippen LogP contribution in [0.5, 0.6) is 0 Å². The lowest BCUT2D eigenvalue weighted by atomic mass is 9.87. The lowest BCUT2D eigenvalue weighted by Crippen LogP contribution is -2.31. The van der Waals surface area contributed by atoms with Crippen LogP contribution in [0.3, 0.4) is 0 Å². The van der Waals surface area contributed by atoms with Crippen LogP contribution in [0, 0.1) is 5.92 Å². The van der Waals surface area contributed by atoms with E-state index < -0.39 is 10.7 Å². The molecule has 1 N–H and O–H groups in total. The molecule has 0 aliphatic heterocycles. The van der Waals surface area contributed by atoms with Gasteiger partial charge in [-0.1, -0.05) is 26.2 Å². The van der Waals surface area contributed by atoms with Gasteiger partial charge >= 0.3 is 5.97 Å². The predicted molar refractivity (Wildman–Crippen MR) is 65.3 cm³/mol. The van der Waals surface area contributed by atoms with Crippen molar-refractivity contribution in [1.29, 1.82) is 0 Å². The summed E-state index contributed by atoms with van der Waals surface area (Å²) in [5, 5.41) is 9.62. The summed E-state index contributed by atoms with van der Waals surface area (Å²) in [5.74, 6) is 0.131. The van der Waals surface area contributed by atoms with Crippen molar-refractivity contribution in [1.82, 2.24) is 0 Å². The molecule has 0 spiro atoms. The second-order valence-corrected chi connectivity index (χ2v) is 6.92. The van der Waals surface area contributed by atoms with E-state index in [-0.39, 0.29) is 0 Å². The number of carbonyl (C=O) groups is 1. The average Bonchev–Trinajstić information content (AvgIpc) is 2.17. The summed E-state index contributed by atoms with van der Waals surface area (Å²) in [6.45, 7) is 5.87. The molecule has 88 valence electrons. The maximum absolute atomic E-state index is 11.0. The number of hydrogen-bond acceptors (Lipinski definition) is 2. The lowest BCUT2D eigenvalue weighted by molar-refractivity contribution is -0.138. The normalized spacial score (nSPS) is 27.7. The molecule has 0 heterocycles. The fourth-order valence-electron chi connectivity index (χ4n) is 2.19. The largest absolute Gasteiger partial charge is 0.480 e. The quantitative estimate of drug-likeness (QED) is 0.802. The summed E-state index contributed by atoms with van der Waals surface area (Å²) < 4.78 is -0.625. The fourth-order valence-corrected chi connectivity index (χ4v) is 3.77. The average molecular weight is 230 g/mol. The van der Waals surface area contributed by atoms with Crippen LogP contribution in [-0.2, 0) is 4.79 Å². The van der Waals surface area contributed by atoms with E-state index in [9.17, 15) is 4.79 Å². The first-order valence-corrected chi connectivity index (χ1v) is 6.75. The van der Waals surface area contributed by atoms with Gasteiger partial charge in [-0.15, -0.1) is 11.8 Å². The summed E-state index contributed by atoms with van der Waals surface area (Å²) in [6, 6.07) is 0. The van der Waals surface area contributed by atoms with E-state index in [1.807, 2.05) is 13.8 Å². The molecule has 2 unspecified atom stereocenters. The van der Waals surface area contributed by atoms with Crippen LogP contribution >= 0.6 is 11.8 Å². The Morgan fingerprint density at radius 1 is 1.47 bits per heavy atom. The van der Waals surface area contributed by atoms with Gasteiger partial charge in [0, 0.05) is 5.25 Å². The SMILES string of the molecule is CCC1CCCC(SC(C)(C)C(=O)O)C1. The number of hydrogen-bond donors (Lipinski definition) is 1. The predicted octanol–water partition coefficient (Wildman–Crippen LogP) is 3.55. The first-order chi connectivity index (χ1) is 6.95. The number of carboxylic acid groups (broad SMARTS) is 1. The zero-order valence-corrected chi connectivity index (χ0v) is 10.8. The Kier molecular flexibility index (Phi) is 4.50. The number of carboxylic acids is 1. The molecule has 3 heteroatoms. The Labute approximate surface area is 96.8 Å². The van der Waals surface area contributed by atoms with Gasteiger partial charge in [0.15, 0.2) is 0 Å². The van der Waals surface area contributed by atoms with E-state index in [2.05, 4.69) is 6.92 Å². The zero-order chi connectivity index (χ0) is 11.5.